The maximum atomic E-state index is 11.2. The lowest BCUT2D eigenvalue weighted by Crippen LogP contribution is -2.33. The van der Waals surface area contributed by atoms with Crippen LogP contribution in [0, 0.1) is 0 Å². The maximum Gasteiger partial charge on any atom is 0.332 e. The van der Waals surface area contributed by atoms with Gasteiger partial charge in [-0.05, 0) is 6.92 Å². The molecule has 0 amide bonds. The molecule has 1 aromatic heterocycles. The number of ether oxygens (including phenoxy) is 2. The highest BCUT2D eigenvalue weighted by atomic mass is 32.2. The molecule has 1 atom stereocenters. The van der Waals surface area contributed by atoms with Crippen molar-refractivity contribution in [1.29, 1.82) is 0 Å². The summed E-state index contributed by atoms with van der Waals surface area (Å²) in [6, 6.07) is 1.48. The summed E-state index contributed by atoms with van der Waals surface area (Å²) < 4.78 is 10.3. The number of hydrogen-bond donors (Lipinski definition) is 2. The van der Waals surface area contributed by atoms with Gasteiger partial charge in [0.05, 0.1) is 6.61 Å². The van der Waals surface area contributed by atoms with E-state index in [0.717, 1.165) is 0 Å². The molecule has 124 valence electrons. The Balaban J connectivity index is 2.11. The second-order valence-electron chi connectivity index (χ2n) is 4.88. The third-order valence-electron chi connectivity index (χ3n) is 3.06. The second-order valence-corrected chi connectivity index (χ2v) is 5.85. The van der Waals surface area contributed by atoms with E-state index in [2.05, 4.69) is 9.98 Å². The normalized spacial score (nSPS) is 20.1. The molecule has 9 heteroatoms. The second kappa shape index (κ2) is 7.42. The number of carbonyl (C=O) groups is 2. The van der Waals surface area contributed by atoms with Gasteiger partial charge in [0.2, 0.25) is 0 Å². The molecule has 1 aromatic rings. The zero-order valence-corrected chi connectivity index (χ0v) is 13.2. The number of carboxylic acid groups (broad SMARTS) is 1. The summed E-state index contributed by atoms with van der Waals surface area (Å²) in [5.41, 5.74) is -1.04. The Morgan fingerprint density at radius 2 is 2.30 bits per heavy atom. The molecule has 0 saturated heterocycles. The van der Waals surface area contributed by atoms with Gasteiger partial charge in [0.25, 0.3) is 0 Å². The highest BCUT2D eigenvalue weighted by Crippen LogP contribution is 2.36. The van der Waals surface area contributed by atoms with E-state index in [9.17, 15) is 19.8 Å². The van der Waals surface area contributed by atoms with Crippen LogP contribution >= 0.6 is 11.8 Å². The number of aromatic hydroxyl groups is 1. The Hall–Kier alpha value is -2.13. The number of thioether (sulfide) groups is 1. The first-order valence-corrected chi connectivity index (χ1v) is 7.75. The molecule has 0 radical (unpaired) electrons. The zero-order chi connectivity index (χ0) is 16.9. The van der Waals surface area contributed by atoms with Gasteiger partial charge in [0, 0.05) is 18.0 Å². The fourth-order valence-corrected chi connectivity index (χ4v) is 2.94. The monoisotopic (exact) mass is 340 g/mol. The lowest BCUT2D eigenvalue weighted by Gasteiger charge is -2.12. The first-order valence-electron chi connectivity index (χ1n) is 6.76. The minimum absolute atomic E-state index is 0.0157. The topological polar surface area (TPSA) is 118 Å². The molecule has 23 heavy (non-hydrogen) atoms. The van der Waals surface area contributed by atoms with Gasteiger partial charge in [-0.3, -0.25) is 4.99 Å². The van der Waals surface area contributed by atoms with E-state index in [1.165, 1.54) is 30.9 Å². The minimum Gasteiger partial charge on any atom is -0.503 e. The van der Waals surface area contributed by atoms with Gasteiger partial charge in [-0.1, -0.05) is 0 Å². The zero-order valence-electron chi connectivity index (χ0n) is 12.4. The van der Waals surface area contributed by atoms with E-state index in [1.54, 1.807) is 0 Å². The van der Waals surface area contributed by atoms with Crippen LogP contribution in [0.1, 0.15) is 12.6 Å². The van der Waals surface area contributed by atoms with Crippen molar-refractivity contribution in [3.8, 4) is 11.5 Å². The Morgan fingerprint density at radius 1 is 1.52 bits per heavy atom. The Kier molecular flexibility index (Phi) is 5.56. The number of carboxylic acids is 1. The van der Waals surface area contributed by atoms with Crippen LogP contribution in [0.15, 0.2) is 17.3 Å². The molecule has 0 spiro atoms. The molecule has 0 saturated carbocycles. The molecule has 8 nitrogen and oxygen atoms in total. The average molecular weight is 340 g/mol. The summed E-state index contributed by atoms with van der Waals surface area (Å²) >= 11 is 1.22. The van der Waals surface area contributed by atoms with Crippen molar-refractivity contribution in [2.45, 2.75) is 12.5 Å². The number of aromatic nitrogens is 1. The number of nitrogens with zero attached hydrogens (tertiary/aromatic N) is 2. The fourth-order valence-electron chi connectivity index (χ4n) is 1.78. The third kappa shape index (κ3) is 3.99. The van der Waals surface area contributed by atoms with Gasteiger partial charge in [0.1, 0.15) is 30.2 Å². The molecular formula is C14H16N2O6S. The van der Waals surface area contributed by atoms with E-state index in [1.807, 2.05) is 0 Å². The minimum atomic E-state index is -1.23. The van der Waals surface area contributed by atoms with Crippen LogP contribution in [0.3, 0.4) is 0 Å². The van der Waals surface area contributed by atoms with Crippen LogP contribution in [0.25, 0.3) is 0 Å². The lowest BCUT2D eigenvalue weighted by atomic mass is 10.1. The van der Waals surface area contributed by atoms with Crippen LogP contribution in [0.2, 0.25) is 0 Å². The molecule has 0 unspecified atom stereocenters. The molecule has 0 aliphatic carbocycles. The van der Waals surface area contributed by atoms with Gasteiger partial charge >= 0.3 is 5.97 Å². The number of carbonyl (C=O) groups excluding carboxylic acids is 1. The summed E-state index contributed by atoms with van der Waals surface area (Å²) in [5, 5.41) is 19.8. The first kappa shape index (κ1) is 17.2. The van der Waals surface area contributed by atoms with Crippen LogP contribution < -0.4 is 4.74 Å². The largest absolute Gasteiger partial charge is 0.503 e. The van der Waals surface area contributed by atoms with Crippen LogP contribution in [-0.4, -0.2) is 63.6 Å². The predicted octanol–water partition coefficient (Wildman–Crippen LogP) is 0.718. The number of aldehydes is 1. The van der Waals surface area contributed by atoms with Crippen molar-refractivity contribution < 1.29 is 29.3 Å². The quantitative estimate of drug-likeness (QED) is 0.525. The maximum absolute atomic E-state index is 11.2. The van der Waals surface area contributed by atoms with Crippen LogP contribution in [-0.2, 0) is 14.3 Å². The Labute approximate surface area is 136 Å². The highest BCUT2D eigenvalue weighted by molar-refractivity contribution is 8.14. The molecule has 0 aromatic carbocycles. The summed E-state index contributed by atoms with van der Waals surface area (Å²) in [6.45, 7) is 1.84. The number of hydrogen-bond acceptors (Lipinski definition) is 8. The fraction of sp³-hybridized carbons (Fsp3) is 0.429. The predicted molar refractivity (Wildman–Crippen MR) is 83.3 cm³/mol. The van der Waals surface area contributed by atoms with Gasteiger partial charge in [0.15, 0.2) is 17.0 Å². The van der Waals surface area contributed by atoms with Crippen molar-refractivity contribution in [1.82, 2.24) is 4.98 Å². The number of pyridine rings is 1. The SMILES string of the molecule is C[C@]1(C(=O)O)CSC(c2nccc(OCCOCC=O)c2O)=N1. The molecular weight excluding hydrogens is 324 g/mol. The van der Waals surface area contributed by atoms with E-state index in [-0.39, 0.29) is 42.8 Å². The molecule has 1 aliphatic rings. The highest BCUT2D eigenvalue weighted by Gasteiger charge is 2.39. The lowest BCUT2D eigenvalue weighted by molar-refractivity contribution is -0.141. The molecule has 0 bridgehead atoms. The van der Waals surface area contributed by atoms with Gasteiger partial charge in [-0.25, -0.2) is 9.78 Å². The van der Waals surface area contributed by atoms with E-state index in [0.29, 0.717) is 11.3 Å². The van der Waals surface area contributed by atoms with E-state index < -0.39 is 11.5 Å². The Bertz CT molecular complexity index is 636. The summed E-state index contributed by atoms with van der Waals surface area (Å²) in [6.07, 6.45) is 2.08. The van der Waals surface area contributed by atoms with E-state index >= 15 is 0 Å². The molecule has 2 rings (SSSR count). The third-order valence-corrected chi connectivity index (χ3v) is 4.32. The molecule has 2 heterocycles. The average Bonchev–Trinajstić information content (AvgIpc) is 2.92. The summed E-state index contributed by atoms with van der Waals surface area (Å²) in [7, 11) is 0. The summed E-state index contributed by atoms with van der Waals surface area (Å²) in [5.74, 6) is -0.774. The molecule has 2 N–H and O–H groups in total. The van der Waals surface area contributed by atoms with Crippen molar-refractivity contribution in [3.63, 3.8) is 0 Å². The van der Waals surface area contributed by atoms with Gasteiger partial charge in [-0.15, -0.1) is 11.8 Å². The van der Waals surface area contributed by atoms with E-state index in [4.69, 9.17) is 9.47 Å². The van der Waals surface area contributed by atoms with Crippen molar-refractivity contribution in [2.24, 2.45) is 4.99 Å². The number of rotatable bonds is 8. The van der Waals surface area contributed by atoms with Crippen molar-refractivity contribution >= 4 is 29.1 Å². The van der Waals surface area contributed by atoms with Gasteiger partial charge < -0.3 is 24.5 Å². The molecule has 1 aliphatic heterocycles. The summed E-state index contributed by atoms with van der Waals surface area (Å²) in [4.78, 5) is 29.5. The van der Waals surface area contributed by atoms with Crippen LogP contribution in [0.5, 0.6) is 11.5 Å². The molecule has 0 fully saturated rings. The van der Waals surface area contributed by atoms with Crippen molar-refractivity contribution in [2.75, 3.05) is 25.6 Å². The smallest absolute Gasteiger partial charge is 0.332 e. The van der Waals surface area contributed by atoms with Gasteiger partial charge in [-0.2, -0.15) is 0 Å². The van der Waals surface area contributed by atoms with Crippen LogP contribution in [0.4, 0.5) is 0 Å². The first-order chi connectivity index (χ1) is 11.0. The number of aliphatic imine (C=N–C) groups is 1. The van der Waals surface area contributed by atoms with Crippen molar-refractivity contribution in [3.05, 3.63) is 18.0 Å². The standard InChI is InChI=1S/C14H16N2O6S/c1-14(13(19)20)8-23-12(16-14)10-11(18)9(2-3-15-10)22-7-6-21-5-4-17/h2-4,18H,5-8H2,1H3,(H,19,20)/t14-/m1/s1. The number of aliphatic carboxylic acids is 1. The Morgan fingerprint density at radius 3 is 2.96 bits per heavy atom.